The zero-order valence-corrected chi connectivity index (χ0v) is 14.4. The lowest BCUT2D eigenvalue weighted by Gasteiger charge is -2.26. The molecule has 1 aromatic carbocycles. The first kappa shape index (κ1) is 16.5. The zero-order chi connectivity index (χ0) is 15.3. The molecule has 0 N–H and O–H groups in total. The molecule has 0 aliphatic heterocycles. The van der Waals surface area contributed by atoms with Gasteiger partial charge >= 0.3 is 0 Å². The monoisotopic (exact) mass is 354 g/mol. The summed E-state index contributed by atoms with van der Waals surface area (Å²) in [6, 6.07) is 5.64. The number of rotatable bonds is 7. The summed E-state index contributed by atoms with van der Waals surface area (Å²) in [7, 11) is 1.64. The Morgan fingerprint density at radius 3 is 2.57 bits per heavy atom. The lowest BCUT2D eigenvalue weighted by molar-refractivity contribution is 0.0791. The average Bonchev–Trinajstić information content (AvgIpc) is 2.98. The molecule has 0 amide bonds. The minimum Gasteiger partial charge on any atom is -0.490 e. The van der Waals surface area contributed by atoms with Crippen LogP contribution in [0.4, 0.5) is 0 Å². The zero-order valence-electron chi connectivity index (χ0n) is 12.8. The molecule has 2 rings (SSSR count). The fourth-order valence-electron chi connectivity index (χ4n) is 3.09. The summed E-state index contributed by atoms with van der Waals surface area (Å²) in [5.74, 6) is 1.03. The highest BCUT2D eigenvalue weighted by Gasteiger charge is 2.39. The molecule has 0 saturated heterocycles. The second kappa shape index (κ2) is 7.41. The van der Waals surface area contributed by atoms with E-state index in [0.29, 0.717) is 13.2 Å². The van der Waals surface area contributed by atoms with E-state index in [1.54, 1.807) is 7.11 Å². The summed E-state index contributed by atoms with van der Waals surface area (Å²) in [4.78, 5) is 12.8. The lowest BCUT2D eigenvalue weighted by Crippen LogP contribution is -2.27. The third kappa shape index (κ3) is 3.67. The van der Waals surface area contributed by atoms with Gasteiger partial charge in [0.05, 0.1) is 11.1 Å². The number of hydrogen-bond acceptors (Lipinski definition) is 3. The molecule has 1 aliphatic carbocycles. The maximum atomic E-state index is 12.8. The molecule has 0 unspecified atom stereocenters. The summed E-state index contributed by atoms with van der Waals surface area (Å²) in [5, 5.41) is 0. The van der Waals surface area contributed by atoms with E-state index in [1.165, 1.54) is 12.8 Å². The second-order valence-electron chi connectivity index (χ2n) is 5.66. The average molecular weight is 355 g/mol. The minimum absolute atomic E-state index is 0.141. The molecule has 0 spiro atoms. The fourth-order valence-corrected chi connectivity index (χ4v) is 3.59. The minimum atomic E-state index is -0.141. The normalized spacial score (nSPS) is 16.9. The standard InChI is InChI=1S/C17H23BrO3/c1-3-17(8-4-5-9-17)16(19)13-6-7-15(14(18)12-13)21-11-10-20-2/h6-7,12H,3-5,8-11H2,1-2H3. The number of ketones is 1. The predicted molar refractivity (Wildman–Crippen MR) is 87.0 cm³/mol. The number of carbonyl (C=O) groups is 1. The van der Waals surface area contributed by atoms with E-state index in [9.17, 15) is 4.79 Å². The molecule has 0 radical (unpaired) electrons. The van der Waals surface area contributed by atoms with Gasteiger partial charge in [-0.2, -0.15) is 0 Å². The molecule has 1 fully saturated rings. The number of methoxy groups -OCH3 is 1. The molecule has 0 bridgehead atoms. The van der Waals surface area contributed by atoms with Gasteiger partial charge in [-0.3, -0.25) is 4.79 Å². The molecular weight excluding hydrogens is 332 g/mol. The first-order chi connectivity index (χ1) is 10.1. The van der Waals surface area contributed by atoms with Gasteiger partial charge in [0.1, 0.15) is 12.4 Å². The Hall–Kier alpha value is -0.870. The van der Waals surface area contributed by atoms with Gasteiger partial charge in [-0.15, -0.1) is 0 Å². The number of benzene rings is 1. The number of halogens is 1. The first-order valence-corrected chi connectivity index (χ1v) is 8.38. The summed E-state index contributed by atoms with van der Waals surface area (Å²) >= 11 is 3.50. The Morgan fingerprint density at radius 1 is 1.29 bits per heavy atom. The molecule has 116 valence electrons. The van der Waals surface area contributed by atoms with Crippen LogP contribution in [-0.4, -0.2) is 26.1 Å². The Kier molecular flexibility index (Phi) is 5.82. The van der Waals surface area contributed by atoms with Crippen molar-refractivity contribution in [1.29, 1.82) is 0 Å². The highest BCUT2D eigenvalue weighted by Crippen LogP contribution is 2.44. The van der Waals surface area contributed by atoms with Crippen LogP contribution in [0.15, 0.2) is 22.7 Å². The van der Waals surface area contributed by atoms with Gasteiger partial charge in [0.15, 0.2) is 5.78 Å². The Bertz CT molecular complexity index is 493. The lowest BCUT2D eigenvalue weighted by atomic mass is 9.76. The van der Waals surface area contributed by atoms with Gasteiger partial charge in [-0.1, -0.05) is 19.8 Å². The van der Waals surface area contributed by atoms with E-state index < -0.39 is 0 Å². The van der Waals surface area contributed by atoms with Crippen molar-refractivity contribution in [1.82, 2.24) is 0 Å². The highest BCUT2D eigenvalue weighted by molar-refractivity contribution is 9.10. The van der Waals surface area contributed by atoms with Gasteiger partial charge in [-0.05, 0) is 53.4 Å². The number of hydrogen-bond donors (Lipinski definition) is 0. The SMILES string of the molecule is CCC1(C(=O)c2ccc(OCCOC)c(Br)c2)CCCC1. The van der Waals surface area contributed by atoms with Crippen LogP contribution in [0, 0.1) is 5.41 Å². The largest absolute Gasteiger partial charge is 0.490 e. The van der Waals surface area contributed by atoms with Crippen molar-refractivity contribution in [2.75, 3.05) is 20.3 Å². The maximum absolute atomic E-state index is 12.8. The summed E-state index contributed by atoms with van der Waals surface area (Å²) < 4.78 is 11.4. The Morgan fingerprint density at radius 2 is 2.00 bits per heavy atom. The molecule has 0 aromatic heterocycles. The van der Waals surface area contributed by atoms with Crippen molar-refractivity contribution >= 4 is 21.7 Å². The Labute approximate surface area is 135 Å². The molecule has 1 aromatic rings. The highest BCUT2D eigenvalue weighted by atomic mass is 79.9. The van der Waals surface area contributed by atoms with Gasteiger partial charge in [-0.25, -0.2) is 0 Å². The van der Waals surface area contributed by atoms with E-state index >= 15 is 0 Å². The predicted octanol–water partition coefficient (Wildman–Crippen LogP) is 4.63. The van der Waals surface area contributed by atoms with Crippen LogP contribution in [0.3, 0.4) is 0 Å². The fraction of sp³-hybridized carbons (Fsp3) is 0.588. The van der Waals surface area contributed by atoms with E-state index in [4.69, 9.17) is 9.47 Å². The molecule has 1 saturated carbocycles. The summed E-state index contributed by atoms with van der Waals surface area (Å²) in [5.41, 5.74) is 0.641. The number of Topliss-reactive ketones (excluding diaryl/α,β-unsaturated/α-hetero) is 1. The number of carbonyl (C=O) groups excluding carboxylic acids is 1. The van der Waals surface area contributed by atoms with Crippen molar-refractivity contribution in [2.24, 2.45) is 5.41 Å². The number of ether oxygens (including phenoxy) is 2. The molecule has 0 atom stereocenters. The third-order valence-electron chi connectivity index (χ3n) is 4.46. The van der Waals surface area contributed by atoms with E-state index in [1.807, 2.05) is 18.2 Å². The first-order valence-electron chi connectivity index (χ1n) is 7.59. The molecule has 0 heterocycles. The van der Waals surface area contributed by atoms with Crippen molar-refractivity contribution < 1.29 is 14.3 Å². The van der Waals surface area contributed by atoms with Crippen LogP contribution < -0.4 is 4.74 Å². The summed E-state index contributed by atoms with van der Waals surface area (Å²) in [6.45, 7) is 3.17. The second-order valence-corrected chi connectivity index (χ2v) is 6.51. The Balaban J connectivity index is 2.13. The van der Waals surface area contributed by atoms with Crippen LogP contribution in [0.2, 0.25) is 0 Å². The third-order valence-corrected chi connectivity index (χ3v) is 5.08. The van der Waals surface area contributed by atoms with Crippen LogP contribution >= 0.6 is 15.9 Å². The molecule has 4 heteroatoms. The van der Waals surface area contributed by atoms with Crippen molar-refractivity contribution in [3.63, 3.8) is 0 Å². The smallest absolute Gasteiger partial charge is 0.169 e. The van der Waals surface area contributed by atoms with Gasteiger partial charge < -0.3 is 9.47 Å². The quantitative estimate of drug-likeness (QED) is 0.529. The van der Waals surface area contributed by atoms with Crippen LogP contribution in [0.25, 0.3) is 0 Å². The van der Waals surface area contributed by atoms with Crippen LogP contribution in [0.5, 0.6) is 5.75 Å². The maximum Gasteiger partial charge on any atom is 0.169 e. The molecule has 21 heavy (non-hydrogen) atoms. The van der Waals surface area contributed by atoms with Crippen LogP contribution in [-0.2, 0) is 4.74 Å². The van der Waals surface area contributed by atoms with Crippen LogP contribution in [0.1, 0.15) is 49.4 Å². The van der Waals surface area contributed by atoms with E-state index in [-0.39, 0.29) is 11.2 Å². The van der Waals surface area contributed by atoms with E-state index in [2.05, 4.69) is 22.9 Å². The molecule has 1 aliphatic rings. The van der Waals surface area contributed by atoms with Crippen molar-refractivity contribution in [3.05, 3.63) is 28.2 Å². The van der Waals surface area contributed by atoms with E-state index in [0.717, 1.165) is 35.0 Å². The topological polar surface area (TPSA) is 35.5 Å². The van der Waals surface area contributed by atoms with Crippen molar-refractivity contribution in [2.45, 2.75) is 39.0 Å². The van der Waals surface area contributed by atoms with Crippen molar-refractivity contribution in [3.8, 4) is 5.75 Å². The molecular formula is C17H23BrO3. The van der Waals surface area contributed by atoms with Gasteiger partial charge in [0, 0.05) is 18.1 Å². The molecule has 3 nitrogen and oxygen atoms in total. The van der Waals surface area contributed by atoms with Gasteiger partial charge in [0.2, 0.25) is 0 Å². The summed E-state index contributed by atoms with van der Waals surface area (Å²) in [6.07, 6.45) is 5.30. The van der Waals surface area contributed by atoms with Gasteiger partial charge in [0.25, 0.3) is 0 Å².